The molecule has 0 saturated heterocycles. The van der Waals surface area contributed by atoms with Gasteiger partial charge in [-0.3, -0.25) is 5.43 Å². The van der Waals surface area contributed by atoms with Crippen LogP contribution in [-0.2, 0) is 6.18 Å². The molecule has 0 atom stereocenters. The molecular weight excluding hydrogens is 390 g/mol. The van der Waals surface area contributed by atoms with Crippen molar-refractivity contribution >= 4 is 11.4 Å². The van der Waals surface area contributed by atoms with Crippen molar-refractivity contribution < 1.29 is 31.1 Å². The molecule has 0 aliphatic heterocycles. The van der Waals surface area contributed by atoms with Gasteiger partial charge in [-0.25, -0.2) is 13.2 Å². The highest BCUT2D eigenvalue weighted by Crippen LogP contribution is 2.38. The van der Waals surface area contributed by atoms with Crippen LogP contribution < -0.4 is 10.2 Å². The normalized spacial score (nSPS) is 10.6. The molecule has 2 aromatic rings. The SMILES string of the molecule is Cc1cc(Oc2c(F)cc(C(F)(F)F)cc2F)c(NN=C(C#N)C#N)cc1F. The number of nitrogens with zero attached hydrogens (tertiary/aromatic N) is 3. The summed E-state index contributed by atoms with van der Waals surface area (Å²) < 4.78 is 84.6. The highest BCUT2D eigenvalue weighted by atomic mass is 19.4. The Bertz CT molecular complexity index is 995. The first-order valence-electron chi connectivity index (χ1n) is 7.25. The summed E-state index contributed by atoms with van der Waals surface area (Å²) in [6, 6.07) is 4.74. The molecule has 0 fully saturated rings. The van der Waals surface area contributed by atoms with Gasteiger partial charge in [-0.1, -0.05) is 0 Å². The summed E-state index contributed by atoms with van der Waals surface area (Å²) in [5.41, 5.74) is -0.408. The number of hydrogen-bond acceptors (Lipinski definition) is 5. The lowest BCUT2D eigenvalue weighted by Gasteiger charge is -2.15. The lowest BCUT2D eigenvalue weighted by Crippen LogP contribution is -2.07. The summed E-state index contributed by atoms with van der Waals surface area (Å²) in [5.74, 6) is -5.63. The molecule has 1 N–H and O–H groups in total. The molecular formula is C17H8F6N4O. The van der Waals surface area contributed by atoms with Gasteiger partial charge in [0.2, 0.25) is 5.71 Å². The molecule has 11 heteroatoms. The van der Waals surface area contributed by atoms with Crippen molar-refractivity contribution in [3.8, 4) is 23.6 Å². The molecule has 0 heterocycles. The van der Waals surface area contributed by atoms with E-state index in [0.29, 0.717) is 0 Å². The van der Waals surface area contributed by atoms with Gasteiger partial charge < -0.3 is 4.74 Å². The van der Waals surface area contributed by atoms with Crippen LogP contribution in [0.3, 0.4) is 0 Å². The van der Waals surface area contributed by atoms with Crippen LogP contribution in [0.15, 0.2) is 29.4 Å². The number of nitriles is 2. The Morgan fingerprint density at radius 2 is 1.57 bits per heavy atom. The van der Waals surface area contributed by atoms with E-state index in [1.165, 1.54) is 19.1 Å². The Morgan fingerprint density at radius 3 is 2.07 bits per heavy atom. The van der Waals surface area contributed by atoms with Gasteiger partial charge in [0.05, 0.1) is 5.56 Å². The van der Waals surface area contributed by atoms with Gasteiger partial charge in [0.15, 0.2) is 23.1 Å². The van der Waals surface area contributed by atoms with Crippen LogP contribution in [0.5, 0.6) is 11.5 Å². The van der Waals surface area contributed by atoms with Crippen molar-refractivity contribution in [3.05, 3.63) is 52.8 Å². The molecule has 0 unspecified atom stereocenters. The van der Waals surface area contributed by atoms with E-state index < -0.39 is 46.4 Å². The molecule has 0 spiro atoms. The van der Waals surface area contributed by atoms with Crippen LogP contribution in [0.4, 0.5) is 32.0 Å². The monoisotopic (exact) mass is 398 g/mol. The molecule has 28 heavy (non-hydrogen) atoms. The first kappa shape index (κ1) is 20.6. The first-order valence-corrected chi connectivity index (χ1v) is 7.25. The van der Waals surface area contributed by atoms with E-state index >= 15 is 0 Å². The zero-order chi connectivity index (χ0) is 21.1. The summed E-state index contributed by atoms with van der Waals surface area (Å²) in [6.07, 6.45) is -4.97. The van der Waals surface area contributed by atoms with E-state index in [9.17, 15) is 26.3 Å². The summed E-state index contributed by atoms with van der Waals surface area (Å²) >= 11 is 0. The van der Waals surface area contributed by atoms with Gasteiger partial charge in [-0.15, -0.1) is 0 Å². The zero-order valence-electron chi connectivity index (χ0n) is 13.8. The number of rotatable bonds is 4. The summed E-state index contributed by atoms with van der Waals surface area (Å²) in [5, 5.41) is 20.6. The number of nitrogens with one attached hydrogen (secondary N) is 1. The van der Waals surface area contributed by atoms with E-state index in [-0.39, 0.29) is 23.4 Å². The van der Waals surface area contributed by atoms with E-state index in [1.807, 2.05) is 0 Å². The smallest absolute Gasteiger partial charge is 0.416 e. The number of halogens is 6. The van der Waals surface area contributed by atoms with Crippen LogP contribution >= 0.6 is 0 Å². The van der Waals surface area contributed by atoms with Crippen molar-refractivity contribution in [2.24, 2.45) is 5.10 Å². The van der Waals surface area contributed by atoms with Gasteiger partial charge in [-0.2, -0.15) is 28.8 Å². The minimum atomic E-state index is -4.97. The van der Waals surface area contributed by atoms with Gasteiger partial charge in [0, 0.05) is 6.07 Å². The molecule has 0 radical (unpaired) electrons. The predicted molar refractivity (Wildman–Crippen MR) is 84.9 cm³/mol. The number of benzene rings is 2. The van der Waals surface area contributed by atoms with Crippen LogP contribution in [0.25, 0.3) is 0 Å². The molecule has 0 aromatic heterocycles. The molecule has 0 bridgehead atoms. The van der Waals surface area contributed by atoms with Crippen molar-refractivity contribution in [1.29, 1.82) is 10.5 Å². The second-order valence-electron chi connectivity index (χ2n) is 5.26. The Morgan fingerprint density at radius 1 is 1.00 bits per heavy atom. The molecule has 2 aromatic carbocycles. The van der Waals surface area contributed by atoms with Crippen molar-refractivity contribution in [3.63, 3.8) is 0 Å². The second-order valence-corrected chi connectivity index (χ2v) is 5.26. The van der Waals surface area contributed by atoms with E-state index in [2.05, 4.69) is 10.5 Å². The van der Waals surface area contributed by atoms with Crippen LogP contribution in [0.2, 0.25) is 0 Å². The average Bonchev–Trinajstić information content (AvgIpc) is 2.61. The van der Waals surface area contributed by atoms with Crippen LogP contribution in [-0.4, -0.2) is 5.71 Å². The third-order valence-corrected chi connectivity index (χ3v) is 3.30. The molecule has 0 aliphatic carbocycles. The largest absolute Gasteiger partial charge is 0.449 e. The van der Waals surface area contributed by atoms with Crippen molar-refractivity contribution in [2.75, 3.05) is 5.43 Å². The topological polar surface area (TPSA) is 81.2 Å². The predicted octanol–water partition coefficient (Wildman–Crippen LogP) is 5.04. The fraction of sp³-hybridized carbons (Fsp3) is 0.118. The van der Waals surface area contributed by atoms with Gasteiger partial charge in [0.25, 0.3) is 0 Å². The maximum absolute atomic E-state index is 14.0. The van der Waals surface area contributed by atoms with E-state index in [0.717, 1.165) is 12.1 Å². The summed E-state index contributed by atoms with van der Waals surface area (Å²) in [7, 11) is 0. The molecule has 5 nitrogen and oxygen atoms in total. The van der Waals surface area contributed by atoms with Crippen LogP contribution in [0, 0.1) is 47.0 Å². The third kappa shape index (κ3) is 4.51. The lowest BCUT2D eigenvalue weighted by molar-refractivity contribution is -0.138. The lowest BCUT2D eigenvalue weighted by atomic mass is 10.1. The Labute approximate surface area is 154 Å². The number of alkyl halides is 3. The van der Waals surface area contributed by atoms with E-state index in [1.54, 1.807) is 0 Å². The van der Waals surface area contributed by atoms with Gasteiger partial charge in [-0.05, 0) is 30.7 Å². The Balaban J connectivity index is 2.49. The van der Waals surface area contributed by atoms with E-state index in [4.69, 9.17) is 15.3 Å². The third-order valence-electron chi connectivity index (χ3n) is 3.30. The van der Waals surface area contributed by atoms with Crippen molar-refractivity contribution in [2.45, 2.75) is 13.1 Å². The minimum absolute atomic E-state index is 0.0157. The number of hydrazone groups is 1. The van der Waals surface area contributed by atoms with Gasteiger partial charge >= 0.3 is 6.18 Å². The van der Waals surface area contributed by atoms with Crippen molar-refractivity contribution in [1.82, 2.24) is 0 Å². The van der Waals surface area contributed by atoms with Gasteiger partial charge in [0.1, 0.15) is 23.6 Å². The molecule has 0 saturated carbocycles. The maximum atomic E-state index is 14.0. The minimum Gasteiger partial charge on any atom is -0.449 e. The molecule has 144 valence electrons. The number of aryl methyl sites for hydroxylation is 1. The number of ether oxygens (including phenoxy) is 1. The molecule has 0 amide bonds. The second kappa shape index (κ2) is 7.88. The average molecular weight is 398 g/mol. The Kier molecular flexibility index (Phi) is 5.79. The number of anilines is 1. The maximum Gasteiger partial charge on any atom is 0.416 e. The standard InChI is InChI=1S/C17H8F6N4O/c1-8-2-15(14(5-11(8)18)27-26-10(6-24)7-25)28-16-12(19)3-9(4-13(16)20)17(21,22)23/h2-5,27H,1H3. The first-order chi connectivity index (χ1) is 13.1. The fourth-order valence-corrected chi connectivity index (χ4v) is 1.95. The van der Waals surface area contributed by atoms with Crippen LogP contribution in [0.1, 0.15) is 11.1 Å². The number of hydrogen-bond donors (Lipinski definition) is 1. The molecule has 2 rings (SSSR count). The highest BCUT2D eigenvalue weighted by molar-refractivity contribution is 6.10. The summed E-state index contributed by atoms with van der Waals surface area (Å²) in [6.45, 7) is 1.30. The highest BCUT2D eigenvalue weighted by Gasteiger charge is 2.33. The fourth-order valence-electron chi connectivity index (χ4n) is 1.95. The zero-order valence-corrected chi connectivity index (χ0v) is 13.8. The quantitative estimate of drug-likeness (QED) is 0.445. The molecule has 0 aliphatic rings. The Hall–Kier alpha value is -3.73. The summed E-state index contributed by atoms with van der Waals surface area (Å²) in [4.78, 5) is 0.